The average Bonchev–Trinajstić information content (AvgIpc) is 3.06. The van der Waals surface area contributed by atoms with Crippen LogP contribution in [0.2, 0.25) is 5.02 Å². The molecule has 2 aromatic carbocycles. The second-order valence-corrected chi connectivity index (χ2v) is 7.49. The molecule has 0 radical (unpaired) electrons. The third kappa shape index (κ3) is 4.69. The van der Waals surface area contributed by atoms with Crippen LogP contribution < -0.4 is 5.32 Å². The van der Waals surface area contributed by atoms with Crippen molar-refractivity contribution in [2.75, 3.05) is 26.2 Å². The minimum Gasteiger partial charge on any atom is -0.343 e. The maximum Gasteiger partial charge on any atom is 0.222 e. The molecule has 1 aromatic heterocycles. The van der Waals surface area contributed by atoms with E-state index in [1.807, 2.05) is 17.0 Å². The van der Waals surface area contributed by atoms with Gasteiger partial charge in [0.15, 0.2) is 0 Å². The van der Waals surface area contributed by atoms with E-state index in [0.717, 1.165) is 44.2 Å². The van der Waals surface area contributed by atoms with Crippen LogP contribution in [-0.4, -0.2) is 41.6 Å². The Morgan fingerprint density at radius 1 is 1.04 bits per heavy atom. The minimum absolute atomic E-state index is 0. The number of nitrogens with zero attached hydrogens (tertiary/aromatic N) is 2. The summed E-state index contributed by atoms with van der Waals surface area (Å²) in [4.78, 5) is 14.5. The molecule has 3 aromatic rings. The molecule has 0 bridgehead atoms. The molecule has 0 unspecified atom stereocenters. The predicted molar refractivity (Wildman–Crippen MR) is 118 cm³/mol. The van der Waals surface area contributed by atoms with E-state index in [0.29, 0.717) is 6.42 Å². The molecule has 1 saturated heterocycles. The molecule has 4 rings (SSSR count). The smallest absolute Gasteiger partial charge is 0.222 e. The molecule has 1 fully saturated rings. The average molecular weight is 418 g/mol. The summed E-state index contributed by atoms with van der Waals surface area (Å²) < 4.78 is 2.27. The fraction of sp³-hybridized carbons (Fsp3) is 0.318. The number of carbonyl (C=O) groups is 1. The molecule has 0 atom stereocenters. The van der Waals surface area contributed by atoms with Crippen molar-refractivity contribution in [3.63, 3.8) is 0 Å². The predicted octanol–water partition coefficient (Wildman–Crippen LogP) is 4.13. The van der Waals surface area contributed by atoms with Gasteiger partial charge in [0.25, 0.3) is 0 Å². The first kappa shape index (κ1) is 20.7. The first-order chi connectivity index (χ1) is 13.2. The Balaban J connectivity index is 0.00000225. The van der Waals surface area contributed by atoms with Gasteiger partial charge in [-0.1, -0.05) is 41.9 Å². The van der Waals surface area contributed by atoms with Crippen molar-refractivity contribution in [1.82, 2.24) is 14.8 Å². The van der Waals surface area contributed by atoms with Crippen LogP contribution in [0.4, 0.5) is 0 Å². The molecule has 4 nitrogen and oxygen atoms in total. The van der Waals surface area contributed by atoms with Crippen molar-refractivity contribution in [3.05, 3.63) is 70.9 Å². The Morgan fingerprint density at radius 3 is 2.50 bits per heavy atom. The highest BCUT2D eigenvalue weighted by molar-refractivity contribution is 6.30. The molecule has 1 N–H and O–H groups in total. The number of benzene rings is 2. The standard InChI is InChI=1S/C22H24ClN3O.ClH/c23-19-8-5-17(6-9-19)15-26-16-18(20-3-1-2-4-21(20)26)7-10-22(27)25-13-11-24-12-14-25;/h1-6,8-9,16,24H,7,10-15H2;1H. The van der Waals surface area contributed by atoms with Crippen molar-refractivity contribution < 1.29 is 4.79 Å². The van der Waals surface area contributed by atoms with Crippen molar-refractivity contribution >= 4 is 40.8 Å². The van der Waals surface area contributed by atoms with Gasteiger partial charge in [0.1, 0.15) is 0 Å². The van der Waals surface area contributed by atoms with E-state index in [4.69, 9.17) is 11.6 Å². The van der Waals surface area contributed by atoms with Crippen LogP contribution in [0.15, 0.2) is 54.7 Å². The molecular weight excluding hydrogens is 393 g/mol. The van der Waals surface area contributed by atoms with Gasteiger partial charge in [0.2, 0.25) is 5.91 Å². The monoisotopic (exact) mass is 417 g/mol. The number of rotatable bonds is 5. The Bertz CT molecular complexity index is 931. The van der Waals surface area contributed by atoms with Crippen LogP contribution >= 0.6 is 24.0 Å². The topological polar surface area (TPSA) is 37.3 Å². The van der Waals surface area contributed by atoms with Gasteiger partial charge in [-0.2, -0.15) is 0 Å². The Hall–Kier alpha value is -2.01. The molecule has 0 aliphatic carbocycles. The van der Waals surface area contributed by atoms with Crippen LogP contribution in [-0.2, 0) is 17.8 Å². The van der Waals surface area contributed by atoms with Gasteiger partial charge in [-0.15, -0.1) is 12.4 Å². The van der Waals surface area contributed by atoms with Crippen LogP contribution in [0.25, 0.3) is 10.9 Å². The van der Waals surface area contributed by atoms with Crippen LogP contribution in [0, 0.1) is 0 Å². The second kappa shape index (κ2) is 9.46. The molecule has 1 aliphatic heterocycles. The fourth-order valence-corrected chi connectivity index (χ4v) is 3.88. The molecule has 2 heterocycles. The lowest BCUT2D eigenvalue weighted by Gasteiger charge is -2.27. The van der Waals surface area contributed by atoms with Crippen molar-refractivity contribution in [1.29, 1.82) is 0 Å². The van der Waals surface area contributed by atoms with E-state index >= 15 is 0 Å². The third-order valence-corrected chi connectivity index (χ3v) is 5.47. The SMILES string of the molecule is Cl.O=C(CCc1cn(Cc2ccc(Cl)cc2)c2ccccc12)N1CCNCC1. The second-order valence-electron chi connectivity index (χ2n) is 7.06. The summed E-state index contributed by atoms with van der Waals surface area (Å²) >= 11 is 6.00. The summed E-state index contributed by atoms with van der Waals surface area (Å²) in [7, 11) is 0. The summed E-state index contributed by atoms with van der Waals surface area (Å²) in [5.41, 5.74) is 3.66. The number of halogens is 2. The fourth-order valence-electron chi connectivity index (χ4n) is 3.75. The molecule has 0 saturated carbocycles. The number of aromatic nitrogens is 1. The third-order valence-electron chi connectivity index (χ3n) is 5.22. The summed E-state index contributed by atoms with van der Waals surface area (Å²) in [6, 6.07) is 16.4. The van der Waals surface area contributed by atoms with E-state index in [2.05, 4.69) is 52.5 Å². The van der Waals surface area contributed by atoms with Crippen molar-refractivity contribution in [2.45, 2.75) is 19.4 Å². The Morgan fingerprint density at radius 2 is 1.75 bits per heavy atom. The van der Waals surface area contributed by atoms with E-state index in [1.54, 1.807) is 0 Å². The highest BCUT2D eigenvalue weighted by Gasteiger charge is 2.17. The number of para-hydroxylation sites is 1. The Labute approximate surface area is 176 Å². The van der Waals surface area contributed by atoms with Gasteiger partial charge < -0.3 is 14.8 Å². The quantitative estimate of drug-likeness (QED) is 0.677. The van der Waals surface area contributed by atoms with Crippen LogP contribution in [0.1, 0.15) is 17.5 Å². The first-order valence-electron chi connectivity index (χ1n) is 9.50. The van der Waals surface area contributed by atoms with E-state index in [9.17, 15) is 4.79 Å². The number of carbonyl (C=O) groups excluding carboxylic acids is 1. The number of piperazine rings is 1. The van der Waals surface area contributed by atoms with Crippen LogP contribution in [0.3, 0.4) is 0 Å². The Kier molecular flexibility index (Phi) is 7.00. The molecule has 0 spiro atoms. The highest BCUT2D eigenvalue weighted by atomic mass is 35.5. The summed E-state index contributed by atoms with van der Waals surface area (Å²) in [5.74, 6) is 0.256. The van der Waals surface area contributed by atoms with Gasteiger partial charge in [-0.25, -0.2) is 0 Å². The molecular formula is C22H25Cl2N3O. The van der Waals surface area contributed by atoms with E-state index in [1.165, 1.54) is 22.0 Å². The lowest BCUT2D eigenvalue weighted by Crippen LogP contribution is -2.46. The maximum atomic E-state index is 12.5. The normalized spacial score (nSPS) is 14.1. The lowest BCUT2D eigenvalue weighted by molar-refractivity contribution is -0.131. The van der Waals surface area contributed by atoms with Gasteiger partial charge in [0.05, 0.1) is 0 Å². The van der Waals surface area contributed by atoms with Crippen LogP contribution in [0.5, 0.6) is 0 Å². The first-order valence-corrected chi connectivity index (χ1v) is 9.88. The number of amides is 1. The highest BCUT2D eigenvalue weighted by Crippen LogP contribution is 2.24. The van der Waals surface area contributed by atoms with E-state index < -0.39 is 0 Å². The zero-order chi connectivity index (χ0) is 18.6. The lowest BCUT2D eigenvalue weighted by atomic mass is 10.1. The van der Waals surface area contributed by atoms with Gasteiger partial charge in [0, 0.05) is 61.3 Å². The van der Waals surface area contributed by atoms with Gasteiger partial charge in [-0.3, -0.25) is 4.79 Å². The van der Waals surface area contributed by atoms with Gasteiger partial charge >= 0.3 is 0 Å². The molecule has 6 heteroatoms. The molecule has 1 amide bonds. The molecule has 148 valence electrons. The van der Waals surface area contributed by atoms with Crippen molar-refractivity contribution in [3.8, 4) is 0 Å². The van der Waals surface area contributed by atoms with Crippen molar-refractivity contribution in [2.24, 2.45) is 0 Å². The summed E-state index contributed by atoms with van der Waals surface area (Å²) in [5, 5.41) is 5.28. The number of fused-ring (bicyclic) bond motifs is 1. The summed E-state index contributed by atoms with van der Waals surface area (Å²) in [6.07, 6.45) is 3.54. The largest absolute Gasteiger partial charge is 0.343 e. The minimum atomic E-state index is 0. The number of aryl methyl sites for hydroxylation is 1. The molecule has 1 aliphatic rings. The summed E-state index contributed by atoms with van der Waals surface area (Å²) in [6.45, 7) is 4.22. The van der Waals surface area contributed by atoms with Gasteiger partial charge in [-0.05, 0) is 35.7 Å². The molecule has 28 heavy (non-hydrogen) atoms. The number of hydrogen-bond acceptors (Lipinski definition) is 2. The zero-order valence-corrected chi connectivity index (χ0v) is 17.3. The number of hydrogen-bond donors (Lipinski definition) is 1. The maximum absolute atomic E-state index is 12.5. The van der Waals surface area contributed by atoms with E-state index in [-0.39, 0.29) is 18.3 Å². The zero-order valence-electron chi connectivity index (χ0n) is 15.7. The number of nitrogens with one attached hydrogen (secondary N) is 1.